The van der Waals surface area contributed by atoms with Crippen LogP contribution in [-0.4, -0.2) is 34.5 Å². The summed E-state index contributed by atoms with van der Waals surface area (Å²) in [6, 6.07) is 13.4. The van der Waals surface area contributed by atoms with Crippen molar-refractivity contribution in [3.8, 4) is 11.3 Å². The van der Waals surface area contributed by atoms with Crippen molar-refractivity contribution in [3.63, 3.8) is 0 Å². The molecule has 0 aliphatic carbocycles. The van der Waals surface area contributed by atoms with Gasteiger partial charge in [0.2, 0.25) is 0 Å². The Kier molecular flexibility index (Phi) is 5.51. The van der Waals surface area contributed by atoms with Crippen molar-refractivity contribution in [3.05, 3.63) is 71.5 Å². The molecule has 2 heterocycles. The van der Waals surface area contributed by atoms with Crippen LogP contribution >= 0.6 is 11.6 Å². The van der Waals surface area contributed by atoms with Crippen LogP contribution in [0, 0.1) is 0 Å². The second-order valence-electron chi connectivity index (χ2n) is 7.21. The molecule has 1 amide bonds. The normalized spacial score (nSPS) is 11.7. The van der Waals surface area contributed by atoms with Crippen molar-refractivity contribution in [2.24, 2.45) is 0 Å². The first-order valence-corrected chi connectivity index (χ1v) is 11.4. The Labute approximate surface area is 184 Å². The maximum Gasteiger partial charge on any atom is 0.259 e. The molecule has 0 atom stereocenters. The van der Waals surface area contributed by atoms with Gasteiger partial charge in [0.05, 0.1) is 38.3 Å². The third-order valence-corrected chi connectivity index (χ3v) is 7.35. The molecule has 0 fully saturated rings. The largest absolute Gasteiger partial charge is 0.344 e. The first-order valence-electron chi connectivity index (χ1n) is 9.51. The summed E-state index contributed by atoms with van der Waals surface area (Å²) in [5, 5.41) is 2.70. The molecule has 9 heteroatoms. The highest BCUT2D eigenvalue weighted by atomic mass is 35.5. The fourth-order valence-electron chi connectivity index (χ4n) is 3.04. The molecule has 0 saturated carbocycles. The number of hydrogen-bond donors (Lipinski definition) is 2. The van der Waals surface area contributed by atoms with Crippen LogP contribution in [0.15, 0.2) is 65.8 Å². The molecule has 4 rings (SSSR count). The van der Waals surface area contributed by atoms with Gasteiger partial charge in [-0.3, -0.25) is 4.79 Å². The van der Waals surface area contributed by atoms with E-state index >= 15 is 0 Å². The molecule has 0 spiro atoms. The van der Waals surface area contributed by atoms with E-state index in [2.05, 4.69) is 20.3 Å². The molecule has 2 aromatic carbocycles. The molecule has 0 saturated heterocycles. The quantitative estimate of drug-likeness (QED) is 0.454. The van der Waals surface area contributed by atoms with Gasteiger partial charge in [0.1, 0.15) is 5.52 Å². The summed E-state index contributed by atoms with van der Waals surface area (Å²) in [5.41, 5.74) is 2.90. The van der Waals surface area contributed by atoms with Crippen LogP contribution in [0.5, 0.6) is 0 Å². The van der Waals surface area contributed by atoms with E-state index in [0.29, 0.717) is 38.7 Å². The summed E-state index contributed by atoms with van der Waals surface area (Å²) in [6.07, 6.45) is 3.11. The summed E-state index contributed by atoms with van der Waals surface area (Å²) >= 11 is 6.12. The number of para-hydroxylation sites is 1. The highest BCUT2D eigenvalue weighted by molar-refractivity contribution is 7.92. The second kappa shape index (κ2) is 8.13. The maximum absolute atomic E-state index is 12.8. The second-order valence-corrected chi connectivity index (χ2v) is 10.1. The average Bonchev–Trinajstić information content (AvgIpc) is 3.18. The van der Waals surface area contributed by atoms with Crippen LogP contribution in [0.4, 0.5) is 5.69 Å². The number of nitrogens with one attached hydrogen (secondary N) is 2. The zero-order chi connectivity index (χ0) is 22.2. The van der Waals surface area contributed by atoms with E-state index in [1.54, 1.807) is 74.8 Å². The molecule has 4 aromatic rings. The lowest BCUT2D eigenvalue weighted by atomic mass is 10.1. The van der Waals surface area contributed by atoms with Crippen LogP contribution in [-0.2, 0) is 9.84 Å². The van der Waals surface area contributed by atoms with Gasteiger partial charge >= 0.3 is 0 Å². The average molecular weight is 455 g/mol. The molecule has 0 radical (unpaired) electrons. The van der Waals surface area contributed by atoms with Crippen molar-refractivity contribution in [2.45, 2.75) is 24.0 Å². The number of amides is 1. The minimum atomic E-state index is -3.36. The van der Waals surface area contributed by atoms with Crippen molar-refractivity contribution in [2.75, 3.05) is 5.32 Å². The molecule has 0 aliphatic heterocycles. The standard InChI is InChI=1S/C22H19ClN4O3S/c1-13(2)31(29,30)15-9-7-14(8-10-15)19-12-25-21-20(26-19)16(11-24-21)22(28)27-18-6-4-3-5-17(18)23/h3-13H,1-2H3,(H,24,25)(H,27,28). The Balaban J connectivity index is 1.67. The van der Waals surface area contributed by atoms with E-state index < -0.39 is 15.1 Å². The Bertz CT molecular complexity index is 1380. The molecular weight excluding hydrogens is 436 g/mol. The third-order valence-electron chi connectivity index (χ3n) is 4.85. The van der Waals surface area contributed by atoms with Crippen molar-refractivity contribution < 1.29 is 13.2 Å². The number of aromatic nitrogens is 3. The number of sulfone groups is 1. The molecule has 7 nitrogen and oxygen atoms in total. The van der Waals surface area contributed by atoms with Gasteiger partial charge in [-0.25, -0.2) is 18.4 Å². The zero-order valence-corrected chi connectivity index (χ0v) is 18.3. The first kappa shape index (κ1) is 21.0. The Hall–Kier alpha value is -3.23. The van der Waals surface area contributed by atoms with Gasteiger partial charge < -0.3 is 10.3 Å². The number of carbonyl (C=O) groups excluding carboxylic acids is 1. The number of anilines is 1. The SMILES string of the molecule is CC(C)S(=O)(=O)c1ccc(-c2cnc3[nH]cc(C(=O)Nc4ccccc4Cl)c3n2)cc1. The fourth-order valence-corrected chi connectivity index (χ4v) is 4.29. The van der Waals surface area contributed by atoms with E-state index in [1.807, 2.05) is 0 Å². The molecule has 2 N–H and O–H groups in total. The number of aromatic amines is 1. The van der Waals surface area contributed by atoms with Crippen LogP contribution < -0.4 is 5.32 Å². The smallest absolute Gasteiger partial charge is 0.259 e. The first-order chi connectivity index (χ1) is 14.8. The van der Waals surface area contributed by atoms with Gasteiger partial charge in [-0.1, -0.05) is 35.9 Å². The molecule has 31 heavy (non-hydrogen) atoms. The monoisotopic (exact) mass is 454 g/mol. The molecule has 0 bridgehead atoms. The summed E-state index contributed by atoms with van der Waals surface area (Å²) < 4.78 is 24.7. The van der Waals surface area contributed by atoms with Gasteiger partial charge in [-0.15, -0.1) is 0 Å². The minimum absolute atomic E-state index is 0.252. The van der Waals surface area contributed by atoms with Crippen LogP contribution in [0.2, 0.25) is 5.02 Å². The lowest BCUT2D eigenvalue weighted by molar-refractivity contribution is 0.102. The van der Waals surface area contributed by atoms with Gasteiger partial charge in [-0.05, 0) is 38.1 Å². The van der Waals surface area contributed by atoms with Gasteiger partial charge in [0.15, 0.2) is 15.5 Å². The highest BCUT2D eigenvalue weighted by Crippen LogP contribution is 2.25. The molecule has 158 valence electrons. The van der Waals surface area contributed by atoms with Gasteiger partial charge in [0.25, 0.3) is 5.91 Å². The van der Waals surface area contributed by atoms with E-state index in [0.717, 1.165) is 0 Å². The van der Waals surface area contributed by atoms with Crippen molar-refractivity contribution in [1.29, 1.82) is 0 Å². The minimum Gasteiger partial charge on any atom is -0.344 e. The lowest BCUT2D eigenvalue weighted by Crippen LogP contribution is -2.13. The zero-order valence-electron chi connectivity index (χ0n) is 16.8. The predicted octanol–water partition coefficient (Wildman–Crippen LogP) is 4.71. The summed E-state index contributed by atoms with van der Waals surface area (Å²) in [6.45, 7) is 3.29. The van der Waals surface area contributed by atoms with Crippen molar-refractivity contribution in [1.82, 2.24) is 15.0 Å². The fraction of sp³-hybridized carbons (Fsp3) is 0.136. The number of halogens is 1. The van der Waals surface area contributed by atoms with Gasteiger partial charge in [0, 0.05) is 11.8 Å². The number of benzene rings is 2. The van der Waals surface area contributed by atoms with E-state index in [-0.39, 0.29) is 10.8 Å². The maximum atomic E-state index is 12.8. The molecule has 0 aliphatic rings. The number of carbonyl (C=O) groups is 1. The van der Waals surface area contributed by atoms with Crippen LogP contribution in [0.25, 0.3) is 22.4 Å². The van der Waals surface area contributed by atoms with Crippen LogP contribution in [0.1, 0.15) is 24.2 Å². The Morgan fingerprint density at radius 3 is 2.48 bits per heavy atom. The number of fused-ring (bicyclic) bond motifs is 1. The number of H-pyrrole nitrogens is 1. The van der Waals surface area contributed by atoms with E-state index in [9.17, 15) is 13.2 Å². The number of nitrogens with zero attached hydrogens (tertiary/aromatic N) is 2. The Morgan fingerprint density at radius 2 is 1.81 bits per heavy atom. The Morgan fingerprint density at radius 1 is 1.10 bits per heavy atom. The predicted molar refractivity (Wildman–Crippen MR) is 121 cm³/mol. The summed E-state index contributed by atoms with van der Waals surface area (Å²) in [5.74, 6) is -0.371. The molecule has 0 unspecified atom stereocenters. The highest BCUT2D eigenvalue weighted by Gasteiger charge is 2.20. The topological polar surface area (TPSA) is 105 Å². The van der Waals surface area contributed by atoms with Crippen LogP contribution in [0.3, 0.4) is 0 Å². The van der Waals surface area contributed by atoms with E-state index in [4.69, 9.17) is 11.6 Å². The third kappa shape index (κ3) is 4.04. The molecular formula is C22H19ClN4O3S. The summed E-state index contributed by atoms with van der Waals surface area (Å²) in [4.78, 5) is 24.9. The summed E-state index contributed by atoms with van der Waals surface area (Å²) in [7, 11) is -3.36. The molecule has 2 aromatic heterocycles. The lowest BCUT2D eigenvalue weighted by Gasteiger charge is -2.09. The number of hydrogen-bond acceptors (Lipinski definition) is 5. The number of rotatable bonds is 5. The van der Waals surface area contributed by atoms with Crippen molar-refractivity contribution >= 4 is 44.2 Å². The van der Waals surface area contributed by atoms with E-state index in [1.165, 1.54) is 0 Å². The van der Waals surface area contributed by atoms with Gasteiger partial charge in [-0.2, -0.15) is 0 Å².